The molecule has 0 bridgehead atoms. The third-order valence-electron chi connectivity index (χ3n) is 4.24. The molecule has 1 atom stereocenters. The fraction of sp³-hybridized carbons (Fsp3) is 0.143. The molecule has 2 N–H and O–H groups in total. The summed E-state index contributed by atoms with van der Waals surface area (Å²) in [7, 11) is 1.92. The van der Waals surface area contributed by atoms with Gasteiger partial charge in [0.2, 0.25) is 5.91 Å². The molecule has 0 saturated heterocycles. The summed E-state index contributed by atoms with van der Waals surface area (Å²) < 4.78 is 1.96. The van der Waals surface area contributed by atoms with E-state index < -0.39 is 17.9 Å². The number of nitrogens with one attached hydrogen (secondary N) is 1. The maximum atomic E-state index is 12.1. The summed E-state index contributed by atoms with van der Waals surface area (Å²) in [6, 6.07) is 16.2. The number of amides is 1. The molecule has 5 heteroatoms. The average Bonchev–Trinajstić information content (AvgIpc) is 2.96. The van der Waals surface area contributed by atoms with E-state index in [-0.39, 0.29) is 6.42 Å². The van der Waals surface area contributed by atoms with E-state index in [1.165, 1.54) is 6.08 Å². The predicted octanol–water partition coefficient (Wildman–Crippen LogP) is 3.00. The fourth-order valence-corrected chi connectivity index (χ4v) is 2.96. The normalized spacial score (nSPS) is 12.3. The summed E-state index contributed by atoms with van der Waals surface area (Å²) >= 11 is 0. The largest absolute Gasteiger partial charge is 0.480 e. The number of aryl methyl sites for hydroxylation is 1. The Hall–Kier alpha value is -3.34. The Morgan fingerprint density at radius 1 is 1.12 bits per heavy atom. The van der Waals surface area contributed by atoms with Crippen molar-refractivity contribution in [2.24, 2.45) is 7.05 Å². The van der Waals surface area contributed by atoms with Crippen LogP contribution in [0.15, 0.2) is 66.9 Å². The first-order valence-electron chi connectivity index (χ1n) is 8.34. The molecule has 0 aliphatic rings. The van der Waals surface area contributed by atoms with Gasteiger partial charge in [-0.15, -0.1) is 0 Å². The predicted molar refractivity (Wildman–Crippen MR) is 102 cm³/mol. The van der Waals surface area contributed by atoms with Gasteiger partial charge in [0.1, 0.15) is 6.04 Å². The fourth-order valence-electron chi connectivity index (χ4n) is 2.96. The number of hydrogen-bond donors (Lipinski definition) is 2. The van der Waals surface area contributed by atoms with Crippen LogP contribution < -0.4 is 5.32 Å². The summed E-state index contributed by atoms with van der Waals surface area (Å²) in [4.78, 5) is 23.7. The Bertz CT molecular complexity index is 958. The first-order valence-corrected chi connectivity index (χ1v) is 8.34. The molecule has 132 valence electrons. The van der Waals surface area contributed by atoms with Crippen LogP contribution in [0.25, 0.3) is 17.0 Å². The lowest BCUT2D eigenvalue weighted by molar-refractivity contribution is -0.141. The second-order valence-corrected chi connectivity index (χ2v) is 6.13. The Morgan fingerprint density at radius 2 is 1.81 bits per heavy atom. The minimum Gasteiger partial charge on any atom is -0.480 e. The van der Waals surface area contributed by atoms with E-state index in [2.05, 4.69) is 5.32 Å². The quantitative estimate of drug-likeness (QED) is 0.673. The van der Waals surface area contributed by atoms with Crippen LogP contribution >= 0.6 is 0 Å². The number of carbonyl (C=O) groups excluding carboxylic acids is 1. The lowest BCUT2D eigenvalue weighted by Crippen LogP contribution is -2.41. The number of aliphatic carboxylic acids is 1. The summed E-state index contributed by atoms with van der Waals surface area (Å²) in [5, 5.41) is 13.1. The zero-order chi connectivity index (χ0) is 18.5. The lowest BCUT2D eigenvalue weighted by atomic mass is 10.0. The summed E-state index contributed by atoms with van der Waals surface area (Å²) in [5.74, 6) is -1.49. The van der Waals surface area contributed by atoms with Crippen LogP contribution in [0.5, 0.6) is 0 Å². The molecule has 0 unspecified atom stereocenters. The maximum Gasteiger partial charge on any atom is 0.326 e. The number of fused-ring (bicyclic) bond motifs is 1. The number of hydrogen-bond acceptors (Lipinski definition) is 2. The highest BCUT2D eigenvalue weighted by Crippen LogP contribution is 2.21. The zero-order valence-corrected chi connectivity index (χ0v) is 14.4. The van der Waals surface area contributed by atoms with Crippen LogP contribution in [0, 0.1) is 0 Å². The van der Waals surface area contributed by atoms with E-state index in [0.717, 1.165) is 22.0 Å². The summed E-state index contributed by atoms with van der Waals surface area (Å²) in [6.07, 6.45) is 5.15. The summed E-state index contributed by atoms with van der Waals surface area (Å²) in [5.41, 5.74) is 2.80. The molecule has 1 heterocycles. The van der Waals surface area contributed by atoms with Gasteiger partial charge in [-0.05, 0) is 23.3 Å². The molecule has 0 radical (unpaired) electrons. The molecule has 0 saturated carbocycles. The second-order valence-electron chi connectivity index (χ2n) is 6.13. The number of carboxylic acid groups (broad SMARTS) is 1. The molecule has 0 fully saturated rings. The highest BCUT2D eigenvalue weighted by molar-refractivity contribution is 5.94. The average molecular weight is 348 g/mol. The molecule has 5 nitrogen and oxygen atoms in total. The molecule has 3 aromatic rings. The van der Waals surface area contributed by atoms with E-state index in [9.17, 15) is 14.7 Å². The van der Waals surface area contributed by atoms with Crippen molar-refractivity contribution < 1.29 is 14.7 Å². The first kappa shape index (κ1) is 17.5. The number of aromatic nitrogens is 1. The van der Waals surface area contributed by atoms with Gasteiger partial charge in [0.15, 0.2) is 0 Å². The van der Waals surface area contributed by atoms with Crippen molar-refractivity contribution in [2.45, 2.75) is 12.5 Å². The van der Waals surface area contributed by atoms with Crippen molar-refractivity contribution in [3.8, 4) is 0 Å². The number of para-hydroxylation sites is 1. The molecule has 1 amide bonds. The van der Waals surface area contributed by atoms with E-state index in [1.54, 1.807) is 6.08 Å². The molecule has 3 rings (SSSR count). The highest BCUT2D eigenvalue weighted by atomic mass is 16.4. The minimum absolute atomic E-state index is 0.224. The van der Waals surface area contributed by atoms with Crippen molar-refractivity contribution in [1.82, 2.24) is 9.88 Å². The van der Waals surface area contributed by atoms with Crippen LogP contribution in [-0.2, 0) is 23.1 Å². The molecule has 0 aliphatic carbocycles. The Balaban J connectivity index is 1.74. The number of nitrogens with zero attached hydrogens (tertiary/aromatic N) is 1. The molecular weight excluding hydrogens is 328 g/mol. The standard InChI is InChI=1S/C21H20N2O3/c1-23-14-16(17-9-5-6-10-19(17)23)13-18(21(25)26)22-20(24)12-11-15-7-3-2-4-8-15/h2-12,14,18H,13H2,1H3,(H,22,24)(H,25,26)/b12-11+/t18-/m0/s1. The van der Waals surface area contributed by atoms with Gasteiger partial charge in [0.05, 0.1) is 0 Å². The molecule has 1 aromatic heterocycles. The van der Waals surface area contributed by atoms with Crippen molar-refractivity contribution in [2.75, 3.05) is 0 Å². The highest BCUT2D eigenvalue weighted by Gasteiger charge is 2.21. The Labute approximate surface area is 151 Å². The van der Waals surface area contributed by atoms with Crippen LogP contribution in [-0.4, -0.2) is 27.6 Å². The van der Waals surface area contributed by atoms with Crippen molar-refractivity contribution in [3.05, 3.63) is 78.0 Å². The van der Waals surface area contributed by atoms with E-state index in [1.807, 2.05) is 72.4 Å². The summed E-state index contributed by atoms with van der Waals surface area (Å²) in [6.45, 7) is 0. The van der Waals surface area contributed by atoms with Gasteiger partial charge in [-0.1, -0.05) is 48.5 Å². The smallest absolute Gasteiger partial charge is 0.326 e. The lowest BCUT2D eigenvalue weighted by Gasteiger charge is -2.12. The van der Waals surface area contributed by atoms with Crippen LogP contribution in [0.3, 0.4) is 0 Å². The van der Waals surface area contributed by atoms with Gasteiger partial charge in [-0.25, -0.2) is 4.79 Å². The van der Waals surface area contributed by atoms with Gasteiger partial charge in [-0.2, -0.15) is 0 Å². The second kappa shape index (κ2) is 7.70. The first-order chi connectivity index (χ1) is 12.5. The number of benzene rings is 2. The van der Waals surface area contributed by atoms with Gasteiger partial charge in [0.25, 0.3) is 0 Å². The van der Waals surface area contributed by atoms with Crippen LogP contribution in [0.1, 0.15) is 11.1 Å². The van der Waals surface area contributed by atoms with Crippen molar-refractivity contribution in [1.29, 1.82) is 0 Å². The third-order valence-corrected chi connectivity index (χ3v) is 4.24. The van der Waals surface area contributed by atoms with Crippen molar-refractivity contribution in [3.63, 3.8) is 0 Å². The topological polar surface area (TPSA) is 71.3 Å². The maximum absolute atomic E-state index is 12.1. The van der Waals surface area contributed by atoms with Gasteiger partial charge in [0, 0.05) is 36.6 Å². The van der Waals surface area contributed by atoms with E-state index in [4.69, 9.17) is 0 Å². The minimum atomic E-state index is -1.06. The number of rotatable bonds is 6. The number of carbonyl (C=O) groups is 2. The molecule has 0 aliphatic heterocycles. The Morgan fingerprint density at radius 3 is 2.54 bits per heavy atom. The monoisotopic (exact) mass is 348 g/mol. The molecule has 26 heavy (non-hydrogen) atoms. The Kier molecular flexibility index (Phi) is 5.17. The molecule has 2 aromatic carbocycles. The van der Waals surface area contributed by atoms with Gasteiger partial charge in [-0.3, -0.25) is 4.79 Å². The third kappa shape index (κ3) is 4.00. The number of carboxylic acids is 1. The zero-order valence-electron chi connectivity index (χ0n) is 14.4. The SMILES string of the molecule is Cn1cc(C[C@H](NC(=O)/C=C/c2ccccc2)C(=O)O)c2ccccc21. The van der Waals surface area contributed by atoms with Gasteiger partial charge < -0.3 is 15.0 Å². The molecular formula is C21H20N2O3. The van der Waals surface area contributed by atoms with Crippen LogP contribution in [0.2, 0.25) is 0 Å². The van der Waals surface area contributed by atoms with E-state index >= 15 is 0 Å². The van der Waals surface area contributed by atoms with Gasteiger partial charge >= 0.3 is 5.97 Å². The van der Waals surface area contributed by atoms with Crippen molar-refractivity contribution >= 4 is 28.9 Å². The van der Waals surface area contributed by atoms with E-state index in [0.29, 0.717) is 0 Å². The van der Waals surface area contributed by atoms with Crippen LogP contribution in [0.4, 0.5) is 0 Å². The molecule has 0 spiro atoms.